The van der Waals surface area contributed by atoms with Crippen molar-refractivity contribution in [2.75, 3.05) is 38.3 Å². The minimum absolute atomic E-state index is 0.691. The van der Waals surface area contributed by atoms with Gasteiger partial charge < -0.3 is 15.0 Å². The molecule has 0 saturated carbocycles. The van der Waals surface area contributed by atoms with Gasteiger partial charge in [-0.1, -0.05) is 26.3 Å². The van der Waals surface area contributed by atoms with Gasteiger partial charge in [0.1, 0.15) is 5.82 Å². The smallest absolute Gasteiger partial charge is 0.129 e. The van der Waals surface area contributed by atoms with Gasteiger partial charge in [-0.25, -0.2) is 4.98 Å². The van der Waals surface area contributed by atoms with Crippen LogP contribution in [0.15, 0.2) is 24.8 Å². The molecule has 1 rings (SSSR count). The molecule has 0 aliphatic rings. The second-order valence-corrected chi connectivity index (χ2v) is 5.08. The first-order chi connectivity index (χ1) is 10.2. The lowest BCUT2D eigenvalue weighted by Gasteiger charge is -2.23. The third-order valence-corrected chi connectivity index (χ3v) is 3.25. The fourth-order valence-electron chi connectivity index (χ4n) is 2.21. The SMILES string of the molecule is C=CCN(CCOC)c1cc(CNCC)cc(CCC)n1. The molecular weight excluding hydrogens is 262 g/mol. The third-order valence-electron chi connectivity index (χ3n) is 3.25. The minimum atomic E-state index is 0.691. The van der Waals surface area contributed by atoms with Crippen molar-refractivity contribution in [1.29, 1.82) is 0 Å². The first-order valence-corrected chi connectivity index (χ1v) is 7.80. The number of pyridine rings is 1. The second-order valence-electron chi connectivity index (χ2n) is 5.08. The summed E-state index contributed by atoms with van der Waals surface area (Å²) in [5, 5.41) is 3.38. The van der Waals surface area contributed by atoms with Crippen LogP contribution in [0.2, 0.25) is 0 Å². The van der Waals surface area contributed by atoms with E-state index >= 15 is 0 Å². The number of hydrogen-bond acceptors (Lipinski definition) is 4. The van der Waals surface area contributed by atoms with E-state index < -0.39 is 0 Å². The highest BCUT2D eigenvalue weighted by atomic mass is 16.5. The molecule has 0 saturated heterocycles. The molecule has 118 valence electrons. The van der Waals surface area contributed by atoms with Crippen LogP contribution >= 0.6 is 0 Å². The molecule has 0 bridgehead atoms. The monoisotopic (exact) mass is 291 g/mol. The maximum absolute atomic E-state index is 5.20. The standard InChI is InChI=1S/C17H29N3O/c1-5-8-16-12-15(14-18-7-3)13-17(19-16)20(9-6-2)10-11-21-4/h6,12-13,18H,2,5,7-11,14H2,1,3-4H3. The Labute approximate surface area is 129 Å². The van der Waals surface area contributed by atoms with E-state index in [1.54, 1.807) is 7.11 Å². The van der Waals surface area contributed by atoms with Crippen molar-refractivity contribution in [3.63, 3.8) is 0 Å². The van der Waals surface area contributed by atoms with Gasteiger partial charge in [0.05, 0.1) is 6.61 Å². The molecule has 21 heavy (non-hydrogen) atoms. The molecule has 4 heteroatoms. The molecule has 1 aromatic rings. The van der Waals surface area contributed by atoms with Crippen LogP contribution < -0.4 is 10.2 Å². The van der Waals surface area contributed by atoms with Crippen molar-refractivity contribution in [3.8, 4) is 0 Å². The molecule has 0 amide bonds. The van der Waals surface area contributed by atoms with Gasteiger partial charge in [-0.15, -0.1) is 6.58 Å². The van der Waals surface area contributed by atoms with E-state index in [4.69, 9.17) is 9.72 Å². The van der Waals surface area contributed by atoms with Gasteiger partial charge in [0.15, 0.2) is 0 Å². The van der Waals surface area contributed by atoms with Crippen LogP contribution in [-0.2, 0) is 17.7 Å². The van der Waals surface area contributed by atoms with Crippen LogP contribution in [-0.4, -0.2) is 38.3 Å². The van der Waals surface area contributed by atoms with Crippen molar-refractivity contribution in [3.05, 3.63) is 36.0 Å². The summed E-state index contributed by atoms with van der Waals surface area (Å²) in [4.78, 5) is 7.01. The Bertz CT molecular complexity index is 420. The Morgan fingerprint density at radius 1 is 1.38 bits per heavy atom. The van der Waals surface area contributed by atoms with Crippen molar-refractivity contribution in [2.24, 2.45) is 0 Å². The number of ether oxygens (including phenoxy) is 1. The number of methoxy groups -OCH3 is 1. The first-order valence-electron chi connectivity index (χ1n) is 7.80. The lowest BCUT2D eigenvalue weighted by molar-refractivity contribution is 0.205. The zero-order valence-corrected chi connectivity index (χ0v) is 13.7. The fraction of sp³-hybridized carbons (Fsp3) is 0.588. The summed E-state index contributed by atoms with van der Waals surface area (Å²) >= 11 is 0. The van der Waals surface area contributed by atoms with Gasteiger partial charge in [-0.2, -0.15) is 0 Å². The van der Waals surface area contributed by atoms with Crippen LogP contribution in [0, 0.1) is 0 Å². The van der Waals surface area contributed by atoms with Crippen LogP contribution in [0.25, 0.3) is 0 Å². The van der Waals surface area contributed by atoms with E-state index in [1.807, 2.05) is 6.08 Å². The molecular formula is C17H29N3O. The number of nitrogens with one attached hydrogen (secondary N) is 1. The Balaban J connectivity index is 2.98. The zero-order valence-electron chi connectivity index (χ0n) is 13.7. The van der Waals surface area contributed by atoms with Crippen molar-refractivity contribution < 1.29 is 4.74 Å². The Morgan fingerprint density at radius 2 is 2.19 bits per heavy atom. The highest BCUT2D eigenvalue weighted by Crippen LogP contribution is 2.16. The highest BCUT2D eigenvalue weighted by Gasteiger charge is 2.09. The lowest BCUT2D eigenvalue weighted by Crippen LogP contribution is -2.28. The molecule has 0 unspecified atom stereocenters. The number of anilines is 1. The van der Waals surface area contributed by atoms with Gasteiger partial charge in [0.25, 0.3) is 0 Å². The van der Waals surface area contributed by atoms with E-state index in [0.29, 0.717) is 6.61 Å². The summed E-state index contributed by atoms with van der Waals surface area (Å²) in [6.45, 7) is 12.3. The molecule has 1 N–H and O–H groups in total. The van der Waals surface area contributed by atoms with Gasteiger partial charge >= 0.3 is 0 Å². The van der Waals surface area contributed by atoms with Gasteiger partial charge in [-0.05, 0) is 30.7 Å². The van der Waals surface area contributed by atoms with E-state index in [1.165, 1.54) is 5.56 Å². The first kappa shape index (κ1) is 17.7. The second kappa shape index (κ2) is 10.4. The van der Waals surface area contributed by atoms with Crippen LogP contribution in [0.4, 0.5) is 5.82 Å². The normalized spacial score (nSPS) is 10.6. The largest absolute Gasteiger partial charge is 0.383 e. The van der Waals surface area contributed by atoms with Crippen molar-refractivity contribution in [2.45, 2.75) is 33.2 Å². The number of aryl methyl sites for hydroxylation is 1. The molecule has 0 aliphatic carbocycles. The molecule has 0 fully saturated rings. The van der Waals surface area contributed by atoms with Crippen LogP contribution in [0.3, 0.4) is 0 Å². The summed E-state index contributed by atoms with van der Waals surface area (Å²) in [6.07, 6.45) is 4.03. The van der Waals surface area contributed by atoms with Gasteiger partial charge in [0, 0.05) is 32.4 Å². The van der Waals surface area contributed by atoms with Gasteiger partial charge in [-0.3, -0.25) is 0 Å². The summed E-state index contributed by atoms with van der Waals surface area (Å²) in [7, 11) is 1.73. The van der Waals surface area contributed by atoms with Crippen LogP contribution in [0.1, 0.15) is 31.5 Å². The summed E-state index contributed by atoms with van der Waals surface area (Å²) in [5.41, 5.74) is 2.45. The Morgan fingerprint density at radius 3 is 2.81 bits per heavy atom. The predicted octanol–water partition coefficient (Wildman–Crippen LogP) is 2.78. The highest BCUT2D eigenvalue weighted by molar-refractivity contribution is 5.43. The maximum atomic E-state index is 5.20. The molecule has 0 atom stereocenters. The summed E-state index contributed by atoms with van der Waals surface area (Å²) < 4.78 is 5.20. The average molecular weight is 291 g/mol. The quantitative estimate of drug-likeness (QED) is 0.636. The average Bonchev–Trinajstić information content (AvgIpc) is 2.49. The molecule has 4 nitrogen and oxygen atoms in total. The van der Waals surface area contributed by atoms with Gasteiger partial charge in [0.2, 0.25) is 0 Å². The maximum Gasteiger partial charge on any atom is 0.129 e. The van der Waals surface area contributed by atoms with Crippen LogP contribution in [0.5, 0.6) is 0 Å². The minimum Gasteiger partial charge on any atom is -0.383 e. The summed E-state index contributed by atoms with van der Waals surface area (Å²) in [6, 6.07) is 4.37. The molecule has 1 aromatic heterocycles. The zero-order chi connectivity index (χ0) is 15.5. The van der Waals surface area contributed by atoms with E-state index in [-0.39, 0.29) is 0 Å². The molecule has 0 aliphatic heterocycles. The third kappa shape index (κ3) is 6.27. The molecule has 0 spiro atoms. The van der Waals surface area contributed by atoms with Crippen molar-refractivity contribution >= 4 is 5.82 Å². The topological polar surface area (TPSA) is 37.4 Å². The van der Waals surface area contributed by atoms with E-state index in [0.717, 1.165) is 50.5 Å². The molecule has 0 aromatic carbocycles. The number of rotatable bonds is 11. The molecule has 0 radical (unpaired) electrons. The Hall–Kier alpha value is -1.39. The van der Waals surface area contributed by atoms with E-state index in [2.05, 4.69) is 42.8 Å². The summed E-state index contributed by atoms with van der Waals surface area (Å²) in [5.74, 6) is 1.02. The fourth-order valence-corrected chi connectivity index (χ4v) is 2.21. The number of aromatic nitrogens is 1. The Kier molecular flexibility index (Phi) is 8.71. The van der Waals surface area contributed by atoms with Crippen molar-refractivity contribution in [1.82, 2.24) is 10.3 Å². The number of hydrogen-bond donors (Lipinski definition) is 1. The lowest BCUT2D eigenvalue weighted by atomic mass is 10.1. The predicted molar refractivity (Wildman–Crippen MR) is 89.9 cm³/mol. The van der Waals surface area contributed by atoms with E-state index in [9.17, 15) is 0 Å². The molecule has 1 heterocycles. The number of nitrogens with zero attached hydrogens (tertiary/aromatic N) is 2.